The lowest BCUT2D eigenvalue weighted by molar-refractivity contribution is 0.786. The first-order valence-corrected chi connectivity index (χ1v) is 4.80. The number of aryl methyl sites for hydroxylation is 1. The van der Waals surface area contributed by atoms with Crippen molar-refractivity contribution in [2.24, 2.45) is 0 Å². The van der Waals surface area contributed by atoms with Crippen molar-refractivity contribution < 1.29 is 0 Å². The maximum absolute atomic E-state index is 11.8. The van der Waals surface area contributed by atoms with Crippen LogP contribution in [0.15, 0.2) is 35.3 Å². The molecular formula is C12H10N2O. The number of hydrogen-bond acceptors (Lipinski definition) is 2. The van der Waals surface area contributed by atoms with E-state index in [2.05, 4.69) is 0 Å². The average molecular weight is 198 g/mol. The van der Waals surface area contributed by atoms with Crippen molar-refractivity contribution in [3.05, 3.63) is 46.2 Å². The van der Waals surface area contributed by atoms with Gasteiger partial charge in [0.05, 0.1) is 5.52 Å². The Bertz CT molecular complexity index is 605. The van der Waals surface area contributed by atoms with Gasteiger partial charge in [0, 0.05) is 18.1 Å². The molecule has 0 saturated carbocycles. The summed E-state index contributed by atoms with van der Waals surface area (Å²) in [5, 5.41) is 9.44. The lowest BCUT2D eigenvalue weighted by Crippen LogP contribution is -2.12. The van der Waals surface area contributed by atoms with E-state index < -0.39 is 0 Å². The van der Waals surface area contributed by atoms with E-state index >= 15 is 0 Å². The van der Waals surface area contributed by atoms with E-state index in [1.54, 1.807) is 12.3 Å². The van der Waals surface area contributed by atoms with Crippen LogP contribution in [0.25, 0.3) is 10.9 Å². The van der Waals surface area contributed by atoms with Crippen LogP contribution in [0.3, 0.4) is 0 Å². The Labute approximate surface area is 87.2 Å². The first-order chi connectivity index (χ1) is 7.27. The summed E-state index contributed by atoms with van der Waals surface area (Å²) in [4.78, 5) is 11.8. The molecule has 1 aromatic carbocycles. The van der Waals surface area contributed by atoms with Gasteiger partial charge in [0.25, 0.3) is 0 Å². The zero-order valence-corrected chi connectivity index (χ0v) is 8.40. The maximum Gasteiger partial charge on any atom is 0.207 e. The Balaban J connectivity index is 2.98. The van der Waals surface area contributed by atoms with E-state index in [1.165, 1.54) is 0 Å². The van der Waals surface area contributed by atoms with Crippen molar-refractivity contribution in [1.29, 1.82) is 5.26 Å². The number of fused-ring (bicyclic) bond motifs is 1. The van der Waals surface area contributed by atoms with Gasteiger partial charge in [-0.15, -0.1) is 0 Å². The SMILES string of the molecule is CCn1cc(C#N)c(=O)c2ccccc21. The number of nitrogens with zero attached hydrogens (tertiary/aromatic N) is 2. The predicted molar refractivity (Wildman–Crippen MR) is 58.6 cm³/mol. The molecule has 3 nitrogen and oxygen atoms in total. The molecule has 0 bridgehead atoms. The van der Waals surface area contributed by atoms with E-state index in [0.29, 0.717) is 5.39 Å². The van der Waals surface area contributed by atoms with Crippen molar-refractivity contribution in [2.75, 3.05) is 0 Å². The Hall–Kier alpha value is -2.08. The van der Waals surface area contributed by atoms with Crippen LogP contribution < -0.4 is 5.43 Å². The third-order valence-electron chi connectivity index (χ3n) is 2.45. The summed E-state index contributed by atoms with van der Waals surface area (Å²) in [6.07, 6.45) is 1.62. The van der Waals surface area contributed by atoms with Gasteiger partial charge in [-0.2, -0.15) is 5.26 Å². The second-order valence-corrected chi connectivity index (χ2v) is 3.29. The smallest absolute Gasteiger partial charge is 0.207 e. The Morgan fingerprint density at radius 2 is 2.13 bits per heavy atom. The molecule has 0 spiro atoms. The number of nitriles is 1. The minimum Gasteiger partial charge on any atom is -0.346 e. The van der Waals surface area contributed by atoms with E-state index in [4.69, 9.17) is 5.26 Å². The zero-order chi connectivity index (χ0) is 10.8. The molecular weight excluding hydrogens is 188 g/mol. The Kier molecular flexibility index (Phi) is 2.26. The standard InChI is InChI=1S/C12H10N2O/c1-2-14-8-9(7-13)12(15)10-5-3-4-6-11(10)14/h3-6,8H,2H2,1H3. The number of benzene rings is 1. The Morgan fingerprint density at radius 3 is 2.80 bits per heavy atom. The second kappa shape index (κ2) is 3.58. The average Bonchev–Trinajstić information content (AvgIpc) is 2.30. The number of pyridine rings is 1. The van der Waals surface area contributed by atoms with Crippen LogP contribution in [0.1, 0.15) is 12.5 Å². The molecule has 1 aromatic heterocycles. The second-order valence-electron chi connectivity index (χ2n) is 3.29. The summed E-state index contributed by atoms with van der Waals surface area (Å²) < 4.78 is 1.91. The van der Waals surface area contributed by atoms with Crippen LogP contribution in [0.5, 0.6) is 0 Å². The minimum absolute atomic E-state index is 0.183. The highest BCUT2D eigenvalue weighted by atomic mass is 16.1. The van der Waals surface area contributed by atoms with Crippen LogP contribution >= 0.6 is 0 Å². The molecule has 15 heavy (non-hydrogen) atoms. The van der Waals surface area contributed by atoms with Crippen molar-refractivity contribution >= 4 is 10.9 Å². The van der Waals surface area contributed by atoms with Gasteiger partial charge in [0.1, 0.15) is 11.6 Å². The van der Waals surface area contributed by atoms with Gasteiger partial charge in [0.15, 0.2) is 0 Å². The molecule has 74 valence electrons. The van der Waals surface area contributed by atoms with Crippen LogP contribution in [-0.2, 0) is 6.54 Å². The first-order valence-electron chi connectivity index (χ1n) is 4.80. The lowest BCUT2D eigenvalue weighted by Gasteiger charge is -2.08. The number of aromatic nitrogens is 1. The third-order valence-corrected chi connectivity index (χ3v) is 2.45. The molecule has 3 heteroatoms. The summed E-state index contributed by atoms with van der Waals surface area (Å²) in [5.74, 6) is 0. The summed E-state index contributed by atoms with van der Waals surface area (Å²) in [6.45, 7) is 2.73. The number of rotatable bonds is 1. The zero-order valence-electron chi connectivity index (χ0n) is 8.40. The monoisotopic (exact) mass is 198 g/mol. The number of hydrogen-bond donors (Lipinski definition) is 0. The summed E-state index contributed by atoms with van der Waals surface area (Å²) >= 11 is 0. The largest absolute Gasteiger partial charge is 0.346 e. The van der Waals surface area contributed by atoms with Gasteiger partial charge in [-0.1, -0.05) is 12.1 Å². The van der Waals surface area contributed by atoms with E-state index in [0.717, 1.165) is 12.1 Å². The maximum atomic E-state index is 11.8. The van der Waals surface area contributed by atoms with Crippen molar-refractivity contribution in [3.63, 3.8) is 0 Å². The van der Waals surface area contributed by atoms with Crippen LogP contribution in [0.2, 0.25) is 0 Å². The summed E-state index contributed by atoms with van der Waals surface area (Å²) in [6, 6.07) is 9.27. The van der Waals surface area contributed by atoms with Gasteiger partial charge in [-0.05, 0) is 19.1 Å². The fourth-order valence-electron chi connectivity index (χ4n) is 1.69. The van der Waals surface area contributed by atoms with E-state index in [9.17, 15) is 4.79 Å². The molecule has 0 fully saturated rings. The lowest BCUT2D eigenvalue weighted by atomic mass is 10.1. The van der Waals surface area contributed by atoms with Gasteiger partial charge in [0.2, 0.25) is 5.43 Å². The van der Waals surface area contributed by atoms with Crippen LogP contribution in [0, 0.1) is 11.3 Å². The molecule has 0 aliphatic heterocycles. The fraction of sp³-hybridized carbons (Fsp3) is 0.167. The normalized spacial score (nSPS) is 10.1. The molecule has 0 aliphatic rings. The van der Waals surface area contributed by atoms with Crippen LogP contribution in [0.4, 0.5) is 0 Å². The Morgan fingerprint density at radius 1 is 1.40 bits per heavy atom. The fourth-order valence-corrected chi connectivity index (χ4v) is 1.69. The number of para-hydroxylation sites is 1. The molecule has 2 aromatic rings. The third kappa shape index (κ3) is 1.40. The summed E-state index contributed by atoms with van der Waals surface area (Å²) in [5.41, 5.74) is 0.900. The molecule has 0 atom stereocenters. The molecule has 0 saturated heterocycles. The molecule has 1 heterocycles. The van der Waals surface area contributed by atoms with E-state index in [-0.39, 0.29) is 11.0 Å². The quantitative estimate of drug-likeness (QED) is 0.702. The predicted octanol–water partition coefficient (Wildman–Crippen LogP) is 1.89. The van der Waals surface area contributed by atoms with Crippen molar-refractivity contribution in [2.45, 2.75) is 13.5 Å². The summed E-state index contributed by atoms with van der Waals surface area (Å²) in [7, 11) is 0. The highest BCUT2D eigenvalue weighted by Gasteiger charge is 2.06. The van der Waals surface area contributed by atoms with E-state index in [1.807, 2.05) is 35.8 Å². The highest BCUT2D eigenvalue weighted by Crippen LogP contribution is 2.10. The van der Waals surface area contributed by atoms with Gasteiger partial charge >= 0.3 is 0 Å². The van der Waals surface area contributed by atoms with Crippen molar-refractivity contribution in [1.82, 2.24) is 4.57 Å². The molecule has 2 rings (SSSR count). The van der Waals surface area contributed by atoms with Crippen LogP contribution in [-0.4, -0.2) is 4.57 Å². The topological polar surface area (TPSA) is 45.8 Å². The van der Waals surface area contributed by atoms with Gasteiger partial charge < -0.3 is 4.57 Å². The van der Waals surface area contributed by atoms with Gasteiger partial charge in [-0.25, -0.2) is 0 Å². The van der Waals surface area contributed by atoms with Crippen molar-refractivity contribution in [3.8, 4) is 6.07 Å². The molecule has 0 amide bonds. The molecule has 0 N–H and O–H groups in total. The molecule has 0 radical (unpaired) electrons. The highest BCUT2D eigenvalue weighted by molar-refractivity contribution is 5.80. The minimum atomic E-state index is -0.183. The first kappa shape index (κ1) is 9.47. The van der Waals surface area contributed by atoms with Gasteiger partial charge in [-0.3, -0.25) is 4.79 Å². The molecule has 0 aliphatic carbocycles. The molecule has 0 unspecified atom stereocenters.